The van der Waals surface area contributed by atoms with Crippen molar-refractivity contribution < 1.29 is 9.90 Å². The summed E-state index contributed by atoms with van der Waals surface area (Å²) in [6, 6.07) is 0. The largest absolute Gasteiger partial charge is 0.477 e. The maximum Gasteiger partial charge on any atom is 0.347 e. The Balaban J connectivity index is 2.10. The van der Waals surface area contributed by atoms with Crippen LogP contribution in [0.5, 0.6) is 0 Å². The Morgan fingerprint density at radius 3 is 2.71 bits per heavy atom. The number of hydrogen-bond acceptors (Lipinski definition) is 4. The van der Waals surface area contributed by atoms with Gasteiger partial charge in [-0.3, -0.25) is 4.90 Å². The van der Waals surface area contributed by atoms with E-state index >= 15 is 0 Å². The minimum Gasteiger partial charge on any atom is -0.477 e. The van der Waals surface area contributed by atoms with E-state index < -0.39 is 5.97 Å². The number of hydrogen-bond donors (Lipinski definition) is 1. The number of carbonyl (C=O) groups is 1. The van der Waals surface area contributed by atoms with Crippen LogP contribution >= 0.6 is 11.3 Å². The number of carboxylic acid groups (broad SMARTS) is 1. The van der Waals surface area contributed by atoms with Crippen LogP contribution in [0.3, 0.4) is 0 Å². The van der Waals surface area contributed by atoms with Crippen molar-refractivity contribution in [2.24, 2.45) is 0 Å². The molecule has 1 saturated carbocycles. The van der Waals surface area contributed by atoms with E-state index in [0.717, 1.165) is 36.6 Å². The summed E-state index contributed by atoms with van der Waals surface area (Å²) in [7, 11) is 2.08. The molecule has 0 radical (unpaired) electrons. The second-order valence-electron chi connectivity index (χ2n) is 6.05. The minimum atomic E-state index is -0.810. The number of rotatable bonds is 7. The molecular weight excluding hydrogens is 284 g/mol. The van der Waals surface area contributed by atoms with E-state index in [0.29, 0.717) is 10.8 Å². The maximum absolute atomic E-state index is 11.5. The number of unbranched alkanes of at least 4 members (excludes halogenated alkanes) is 1. The zero-order chi connectivity index (χ0) is 15.2. The molecule has 1 aliphatic rings. The van der Waals surface area contributed by atoms with Crippen molar-refractivity contribution in [1.29, 1.82) is 0 Å². The van der Waals surface area contributed by atoms with Crippen LogP contribution in [0, 0.1) is 0 Å². The van der Waals surface area contributed by atoms with Crippen molar-refractivity contribution in [2.75, 3.05) is 13.6 Å². The Morgan fingerprint density at radius 1 is 1.38 bits per heavy atom. The topological polar surface area (TPSA) is 53.4 Å². The fourth-order valence-electron chi connectivity index (χ4n) is 2.99. The highest BCUT2D eigenvalue weighted by molar-refractivity contribution is 7.13. The molecule has 1 heterocycles. The quantitative estimate of drug-likeness (QED) is 0.823. The Labute approximate surface area is 131 Å². The van der Waals surface area contributed by atoms with Gasteiger partial charge in [0.25, 0.3) is 0 Å². The van der Waals surface area contributed by atoms with Crippen molar-refractivity contribution in [3.05, 3.63) is 15.6 Å². The average Bonchev–Trinajstić information content (AvgIpc) is 2.90. The third-order valence-electron chi connectivity index (χ3n) is 4.18. The van der Waals surface area contributed by atoms with Crippen LogP contribution in [-0.2, 0) is 6.54 Å². The van der Waals surface area contributed by atoms with Crippen LogP contribution in [0.15, 0.2) is 0 Å². The van der Waals surface area contributed by atoms with Gasteiger partial charge in [-0.15, -0.1) is 11.3 Å². The van der Waals surface area contributed by atoms with Gasteiger partial charge in [0.1, 0.15) is 9.88 Å². The van der Waals surface area contributed by atoms with Crippen molar-refractivity contribution in [2.45, 2.75) is 64.3 Å². The molecule has 1 aromatic rings. The predicted molar refractivity (Wildman–Crippen MR) is 86.1 cm³/mol. The van der Waals surface area contributed by atoms with Crippen LogP contribution < -0.4 is 0 Å². The van der Waals surface area contributed by atoms with Crippen LogP contribution in [-0.4, -0.2) is 34.6 Å². The molecule has 0 amide bonds. The molecule has 0 bridgehead atoms. The van der Waals surface area contributed by atoms with Gasteiger partial charge in [0, 0.05) is 5.92 Å². The van der Waals surface area contributed by atoms with E-state index in [1.54, 1.807) is 0 Å². The molecule has 0 saturated heterocycles. The summed E-state index contributed by atoms with van der Waals surface area (Å²) in [5.74, 6) is -0.452. The second-order valence-corrected chi connectivity index (χ2v) is 7.14. The van der Waals surface area contributed by atoms with Gasteiger partial charge >= 0.3 is 5.97 Å². The first-order chi connectivity index (χ1) is 10.1. The monoisotopic (exact) mass is 310 g/mol. The van der Waals surface area contributed by atoms with Gasteiger partial charge in [0.2, 0.25) is 0 Å². The predicted octanol–water partition coefficient (Wildman–Crippen LogP) is 4.12. The summed E-state index contributed by atoms with van der Waals surface area (Å²) < 4.78 is 0. The maximum atomic E-state index is 11.5. The zero-order valence-electron chi connectivity index (χ0n) is 13.1. The highest BCUT2D eigenvalue weighted by Gasteiger charge is 2.26. The lowest BCUT2D eigenvalue weighted by molar-refractivity contribution is 0.0700. The van der Waals surface area contributed by atoms with Crippen molar-refractivity contribution >= 4 is 17.3 Å². The third-order valence-corrected chi connectivity index (χ3v) is 5.23. The van der Waals surface area contributed by atoms with Crippen molar-refractivity contribution in [1.82, 2.24) is 9.88 Å². The molecule has 1 fully saturated rings. The fourth-order valence-corrected chi connectivity index (χ4v) is 4.06. The molecule has 1 aliphatic carbocycles. The van der Waals surface area contributed by atoms with Crippen LogP contribution in [0.2, 0.25) is 0 Å². The van der Waals surface area contributed by atoms with Gasteiger partial charge in [-0.25, -0.2) is 9.78 Å². The first-order valence-corrected chi connectivity index (χ1v) is 8.85. The first-order valence-electron chi connectivity index (χ1n) is 8.03. The van der Waals surface area contributed by atoms with Gasteiger partial charge < -0.3 is 5.11 Å². The Bertz CT molecular complexity index is 467. The molecule has 2 rings (SSSR count). The lowest BCUT2D eigenvalue weighted by atomic mass is 9.86. The van der Waals surface area contributed by atoms with E-state index in [1.807, 2.05) is 0 Å². The highest BCUT2D eigenvalue weighted by atomic mass is 32.1. The average molecular weight is 310 g/mol. The number of aromatic nitrogens is 1. The van der Waals surface area contributed by atoms with Crippen molar-refractivity contribution in [3.8, 4) is 0 Å². The first kappa shape index (κ1) is 16.4. The molecule has 1 aromatic heterocycles. The standard InChI is InChI=1S/C16H26N2O2S/c1-3-4-10-18(2)11-13-17-14(15(21-13)16(19)20)12-8-6-5-7-9-12/h12H,3-11H2,1-2H3,(H,19,20). The molecule has 118 valence electrons. The lowest BCUT2D eigenvalue weighted by Crippen LogP contribution is -2.18. The molecule has 0 aromatic carbocycles. The fraction of sp³-hybridized carbons (Fsp3) is 0.750. The molecule has 0 spiro atoms. The SMILES string of the molecule is CCCCN(C)Cc1nc(C2CCCCC2)c(C(=O)O)s1. The molecule has 0 unspecified atom stereocenters. The van der Waals surface area contributed by atoms with Gasteiger partial charge in [-0.2, -0.15) is 0 Å². The number of carboxylic acids is 1. The molecule has 1 N–H and O–H groups in total. The van der Waals surface area contributed by atoms with E-state index in [2.05, 4.69) is 18.9 Å². The Hall–Kier alpha value is -0.940. The van der Waals surface area contributed by atoms with Gasteiger partial charge in [-0.05, 0) is 32.9 Å². The summed E-state index contributed by atoms with van der Waals surface area (Å²) in [6.07, 6.45) is 8.21. The molecule has 5 heteroatoms. The summed E-state index contributed by atoms with van der Waals surface area (Å²) >= 11 is 1.37. The highest BCUT2D eigenvalue weighted by Crippen LogP contribution is 2.36. The number of thiazole rings is 1. The summed E-state index contributed by atoms with van der Waals surface area (Å²) in [4.78, 5) is 18.9. The molecular formula is C16H26N2O2S. The van der Waals surface area contributed by atoms with Gasteiger partial charge in [0.15, 0.2) is 0 Å². The van der Waals surface area contributed by atoms with Crippen LogP contribution in [0.4, 0.5) is 0 Å². The summed E-state index contributed by atoms with van der Waals surface area (Å²) in [5.41, 5.74) is 0.853. The summed E-state index contributed by atoms with van der Waals surface area (Å²) in [5, 5.41) is 10.4. The second kappa shape index (κ2) is 7.90. The molecule has 4 nitrogen and oxygen atoms in total. The Kier molecular flexibility index (Phi) is 6.18. The van der Waals surface area contributed by atoms with Gasteiger partial charge in [-0.1, -0.05) is 32.6 Å². The van der Waals surface area contributed by atoms with Crippen LogP contribution in [0.1, 0.15) is 78.2 Å². The Morgan fingerprint density at radius 2 is 2.10 bits per heavy atom. The van der Waals surface area contributed by atoms with E-state index in [-0.39, 0.29) is 0 Å². The molecule has 0 aliphatic heterocycles. The molecule has 0 atom stereocenters. The number of aromatic carboxylic acids is 1. The van der Waals surface area contributed by atoms with Gasteiger partial charge in [0.05, 0.1) is 12.2 Å². The number of nitrogens with zero attached hydrogens (tertiary/aromatic N) is 2. The van der Waals surface area contributed by atoms with E-state index in [1.165, 1.54) is 43.4 Å². The van der Waals surface area contributed by atoms with Crippen LogP contribution in [0.25, 0.3) is 0 Å². The lowest BCUT2D eigenvalue weighted by Gasteiger charge is -2.20. The zero-order valence-corrected chi connectivity index (χ0v) is 13.9. The third kappa shape index (κ3) is 4.51. The normalized spacial score (nSPS) is 16.5. The smallest absolute Gasteiger partial charge is 0.347 e. The summed E-state index contributed by atoms with van der Waals surface area (Å²) in [6.45, 7) is 3.98. The van der Waals surface area contributed by atoms with E-state index in [9.17, 15) is 9.90 Å². The van der Waals surface area contributed by atoms with E-state index in [4.69, 9.17) is 4.98 Å². The minimum absolute atomic E-state index is 0.357. The molecule has 21 heavy (non-hydrogen) atoms. The van der Waals surface area contributed by atoms with Crippen molar-refractivity contribution in [3.63, 3.8) is 0 Å².